The van der Waals surface area contributed by atoms with Gasteiger partial charge in [-0.15, -0.1) is 0 Å². The fraction of sp³-hybridized carbons (Fsp3) is 0.550. The van der Waals surface area contributed by atoms with E-state index in [1.165, 1.54) is 25.0 Å². The van der Waals surface area contributed by atoms with Gasteiger partial charge in [0.05, 0.1) is 18.0 Å². The van der Waals surface area contributed by atoms with Crippen LogP contribution in [-0.4, -0.2) is 37.4 Å². The number of aromatic nitrogens is 1. The molecule has 0 spiro atoms. The SMILES string of the molecule is COc1c(N2C[C@@H]3CCCN[C@@H]3C2)c(F)cc2c(=O)ccn(C3CC3)c12. The van der Waals surface area contributed by atoms with E-state index in [2.05, 4.69) is 14.8 Å². The molecule has 2 saturated heterocycles. The van der Waals surface area contributed by atoms with Gasteiger partial charge in [0.25, 0.3) is 0 Å². The molecular weight excluding hydrogens is 333 g/mol. The van der Waals surface area contributed by atoms with Gasteiger partial charge in [0.15, 0.2) is 17.0 Å². The first-order valence-corrected chi connectivity index (χ1v) is 9.57. The Labute approximate surface area is 151 Å². The van der Waals surface area contributed by atoms with Gasteiger partial charge in [0.1, 0.15) is 5.69 Å². The molecular formula is C20H24FN3O2. The standard InChI is InChI=1S/C20H24FN3O2/c1-26-20-18-14(17(25)6-8-24(18)13-4-5-13)9-15(21)19(20)23-10-12-3-2-7-22-16(12)11-23/h6,8-9,12-13,16,22H,2-5,7,10-11H2,1H3/t12-,16+/m0/s1. The number of benzene rings is 1. The van der Waals surface area contributed by atoms with Gasteiger partial charge in [-0.1, -0.05) is 0 Å². The van der Waals surface area contributed by atoms with E-state index in [4.69, 9.17) is 4.74 Å². The van der Waals surface area contributed by atoms with Crippen LogP contribution in [0.2, 0.25) is 0 Å². The number of nitrogens with one attached hydrogen (secondary N) is 1. The maximum Gasteiger partial charge on any atom is 0.189 e. The van der Waals surface area contributed by atoms with Crippen molar-refractivity contribution in [3.63, 3.8) is 0 Å². The molecule has 1 aliphatic carbocycles. The first-order valence-electron chi connectivity index (χ1n) is 9.57. The number of piperidine rings is 1. The second kappa shape index (κ2) is 5.98. The van der Waals surface area contributed by atoms with Crippen LogP contribution in [0.25, 0.3) is 10.9 Å². The van der Waals surface area contributed by atoms with Crippen molar-refractivity contribution in [1.82, 2.24) is 9.88 Å². The number of hydrogen-bond donors (Lipinski definition) is 1. The topological polar surface area (TPSA) is 46.5 Å². The molecule has 3 fully saturated rings. The summed E-state index contributed by atoms with van der Waals surface area (Å²) in [6.45, 7) is 2.65. The number of pyridine rings is 1. The molecule has 3 heterocycles. The minimum absolute atomic E-state index is 0.155. The smallest absolute Gasteiger partial charge is 0.189 e. The molecule has 5 rings (SSSR count). The fourth-order valence-corrected chi connectivity index (χ4v) is 4.74. The maximum atomic E-state index is 15.1. The van der Waals surface area contributed by atoms with Crippen molar-refractivity contribution < 1.29 is 9.13 Å². The number of fused-ring (bicyclic) bond motifs is 2. The van der Waals surface area contributed by atoms with Crippen LogP contribution >= 0.6 is 0 Å². The van der Waals surface area contributed by atoms with Crippen molar-refractivity contribution in [3.8, 4) is 5.75 Å². The Morgan fingerprint density at radius 3 is 2.85 bits per heavy atom. The highest BCUT2D eigenvalue weighted by Crippen LogP contribution is 2.44. The highest BCUT2D eigenvalue weighted by Gasteiger charge is 2.37. The van der Waals surface area contributed by atoms with E-state index in [1.54, 1.807) is 7.11 Å². The van der Waals surface area contributed by atoms with Crippen LogP contribution in [0, 0.1) is 11.7 Å². The molecule has 0 radical (unpaired) electrons. The van der Waals surface area contributed by atoms with Crippen molar-refractivity contribution in [1.29, 1.82) is 0 Å². The molecule has 1 aromatic carbocycles. The minimum Gasteiger partial charge on any atom is -0.492 e. The third kappa shape index (κ3) is 2.42. The van der Waals surface area contributed by atoms with Crippen LogP contribution in [-0.2, 0) is 0 Å². The van der Waals surface area contributed by atoms with E-state index in [1.807, 2.05) is 6.20 Å². The molecule has 26 heavy (non-hydrogen) atoms. The van der Waals surface area contributed by atoms with Crippen molar-refractivity contribution in [2.24, 2.45) is 5.92 Å². The van der Waals surface area contributed by atoms with Gasteiger partial charge >= 0.3 is 0 Å². The Kier molecular flexibility index (Phi) is 3.71. The quantitative estimate of drug-likeness (QED) is 0.917. The average Bonchev–Trinajstić information content (AvgIpc) is 3.39. The first-order chi connectivity index (χ1) is 12.7. The Morgan fingerprint density at radius 1 is 1.27 bits per heavy atom. The maximum absolute atomic E-state index is 15.1. The van der Waals surface area contributed by atoms with Gasteiger partial charge in [-0.25, -0.2) is 4.39 Å². The van der Waals surface area contributed by atoms with Crippen LogP contribution in [0.1, 0.15) is 31.7 Å². The largest absolute Gasteiger partial charge is 0.492 e. The van der Waals surface area contributed by atoms with Crippen LogP contribution in [0.5, 0.6) is 5.75 Å². The van der Waals surface area contributed by atoms with E-state index in [0.29, 0.717) is 34.8 Å². The first kappa shape index (κ1) is 16.1. The van der Waals surface area contributed by atoms with Crippen molar-refractivity contribution >= 4 is 16.6 Å². The Bertz CT molecular complexity index is 907. The molecule has 138 valence electrons. The lowest BCUT2D eigenvalue weighted by atomic mass is 9.94. The highest BCUT2D eigenvalue weighted by atomic mass is 19.1. The summed E-state index contributed by atoms with van der Waals surface area (Å²) in [6, 6.07) is 3.73. The summed E-state index contributed by atoms with van der Waals surface area (Å²) in [5, 5.41) is 3.97. The lowest BCUT2D eigenvalue weighted by Gasteiger charge is -2.24. The number of hydrogen-bond acceptors (Lipinski definition) is 4. The second-order valence-corrected chi connectivity index (χ2v) is 7.82. The van der Waals surface area contributed by atoms with Gasteiger partial charge in [-0.2, -0.15) is 0 Å². The number of nitrogens with zero attached hydrogens (tertiary/aromatic N) is 2. The zero-order valence-corrected chi connectivity index (χ0v) is 15.0. The lowest BCUT2D eigenvalue weighted by molar-refractivity contribution is 0.340. The normalized spacial score (nSPS) is 25.5. The molecule has 2 atom stereocenters. The van der Waals surface area contributed by atoms with Crippen LogP contribution in [0.3, 0.4) is 0 Å². The molecule has 1 aromatic heterocycles. The fourth-order valence-electron chi connectivity index (χ4n) is 4.74. The van der Waals surface area contributed by atoms with Gasteiger partial charge in [0, 0.05) is 37.4 Å². The number of ether oxygens (including phenoxy) is 1. The molecule has 0 bridgehead atoms. The molecule has 0 unspecified atom stereocenters. The summed E-state index contributed by atoms with van der Waals surface area (Å²) >= 11 is 0. The summed E-state index contributed by atoms with van der Waals surface area (Å²) in [4.78, 5) is 14.5. The van der Waals surface area contributed by atoms with E-state index < -0.39 is 0 Å². The molecule has 1 N–H and O–H groups in total. The van der Waals surface area contributed by atoms with Crippen molar-refractivity contribution in [3.05, 3.63) is 34.4 Å². The number of rotatable bonds is 3. The second-order valence-electron chi connectivity index (χ2n) is 7.82. The summed E-state index contributed by atoms with van der Waals surface area (Å²) in [5.74, 6) is 0.687. The molecule has 6 heteroatoms. The predicted molar refractivity (Wildman–Crippen MR) is 99.7 cm³/mol. The summed E-state index contributed by atoms with van der Waals surface area (Å²) in [6.07, 6.45) is 6.36. The zero-order valence-electron chi connectivity index (χ0n) is 15.0. The zero-order chi connectivity index (χ0) is 17.8. The van der Waals surface area contributed by atoms with E-state index >= 15 is 4.39 Å². The van der Waals surface area contributed by atoms with Gasteiger partial charge in [-0.3, -0.25) is 4.79 Å². The average molecular weight is 357 g/mol. The van der Waals surface area contributed by atoms with E-state index in [-0.39, 0.29) is 11.2 Å². The molecule has 1 saturated carbocycles. The summed E-state index contributed by atoms with van der Waals surface area (Å²) in [5.41, 5.74) is 1.09. The van der Waals surface area contributed by atoms with Crippen molar-refractivity contribution in [2.45, 2.75) is 37.8 Å². The molecule has 5 nitrogen and oxygen atoms in total. The van der Waals surface area contributed by atoms with Crippen LogP contribution in [0.4, 0.5) is 10.1 Å². The van der Waals surface area contributed by atoms with Gasteiger partial charge < -0.3 is 19.5 Å². The third-order valence-corrected chi connectivity index (χ3v) is 6.15. The third-order valence-electron chi connectivity index (χ3n) is 6.15. The van der Waals surface area contributed by atoms with Crippen molar-refractivity contribution in [2.75, 3.05) is 31.6 Å². The minimum atomic E-state index is -0.362. The molecule has 0 amide bonds. The lowest BCUT2D eigenvalue weighted by Crippen LogP contribution is -2.40. The summed E-state index contributed by atoms with van der Waals surface area (Å²) < 4.78 is 22.9. The Hall–Kier alpha value is -2.08. The number of methoxy groups -OCH3 is 1. The molecule has 3 aliphatic rings. The van der Waals surface area contributed by atoms with Gasteiger partial charge in [-0.05, 0) is 44.2 Å². The van der Waals surface area contributed by atoms with Crippen LogP contribution in [0.15, 0.2) is 23.1 Å². The highest BCUT2D eigenvalue weighted by molar-refractivity contribution is 5.91. The number of anilines is 1. The number of halogens is 1. The predicted octanol–water partition coefficient (Wildman–Crippen LogP) is 2.67. The van der Waals surface area contributed by atoms with E-state index in [9.17, 15) is 4.79 Å². The molecule has 2 aromatic rings. The summed E-state index contributed by atoms with van der Waals surface area (Å²) in [7, 11) is 1.58. The Balaban J connectivity index is 1.69. The van der Waals surface area contributed by atoms with Crippen LogP contribution < -0.4 is 20.4 Å². The monoisotopic (exact) mass is 357 g/mol. The molecule has 2 aliphatic heterocycles. The van der Waals surface area contributed by atoms with E-state index in [0.717, 1.165) is 38.0 Å². The Morgan fingerprint density at radius 2 is 2.12 bits per heavy atom. The van der Waals surface area contributed by atoms with Gasteiger partial charge in [0.2, 0.25) is 0 Å².